The Hall–Kier alpha value is 0.354. The lowest BCUT2D eigenvalue weighted by Gasteiger charge is -2.46. The Kier molecular flexibility index (Phi) is 8.77. The van der Waals surface area contributed by atoms with Crippen molar-refractivity contribution in [1.82, 2.24) is 0 Å². The third-order valence-electron chi connectivity index (χ3n) is 6.45. The summed E-state index contributed by atoms with van der Waals surface area (Å²) in [4.78, 5) is 0. The van der Waals surface area contributed by atoms with Gasteiger partial charge < -0.3 is 8.85 Å². The zero-order valence-electron chi connectivity index (χ0n) is 18.0. The second-order valence-electron chi connectivity index (χ2n) is 9.39. The van der Waals surface area contributed by atoms with Crippen LogP contribution in [0.1, 0.15) is 82.6 Å². The van der Waals surface area contributed by atoms with Crippen molar-refractivity contribution >= 4 is 16.6 Å². The highest BCUT2D eigenvalue weighted by atomic mass is 28.4. The largest absolute Gasteiger partial charge is 0.395 e. The highest BCUT2D eigenvalue weighted by Crippen LogP contribution is 2.46. The van der Waals surface area contributed by atoms with Gasteiger partial charge in [0.05, 0.1) is 0 Å². The fraction of sp³-hybridized carbons (Fsp3) is 1.00. The van der Waals surface area contributed by atoms with E-state index >= 15 is 0 Å². The molecule has 1 unspecified atom stereocenters. The molecule has 0 spiro atoms. The molecular formula is C19H44O2Si2. The molecule has 23 heavy (non-hydrogen) atoms. The van der Waals surface area contributed by atoms with Crippen LogP contribution in [0.25, 0.3) is 0 Å². The molecule has 0 aromatic heterocycles. The molecule has 0 saturated carbocycles. The summed E-state index contributed by atoms with van der Waals surface area (Å²) < 4.78 is 13.3. The molecule has 2 atom stereocenters. The fourth-order valence-corrected chi connectivity index (χ4v) is 12.5. The van der Waals surface area contributed by atoms with Gasteiger partial charge in [0.15, 0.2) is 0 Å². The van der Waals surface area contributed by atoms with Crippen molar-refractivity contribution in [2.45, 2.75) is 116 Å². The summed E-state index contributed by atoms with van der Waals surface area (Å²) >= 11 is 0. The van der Waals surface area contributed by atoms with Gasteiger partial charge in [-0.05, 0) is 33.7 Å². The van der Waals surface area contributed by atoms with Gasteiger partial charge in [-0.15, -0.1) is 0 Å². The van der Waals surface area contributed by atoms with Gasteiger partial charge in [-0.25, -0.2) is 0 Å². The van der Waals surface area contributed by atoms with Crippen LogP contribution in [-0.2, 0) is 8.85 Å². The Morgan fingerprint density at radius 1 is 0.783 bits per heavy atom. The Bertz CT molecular complexity index is 340. The van der Waals surface area contributed by atoms with E-state index in [0.29, 0.717) is 29.0 Å². The van der Waals surface area contributed by atoms with Gasteiger partial charge in [0.25, 0.3) is 0 Å². The van der Waals surface area contributed by atoms with Crippen LogP contribution < -0.4 is 0 Å². The first-order chi connectivity index (χ1) is 10.3. The van der Waals surface area contributed by atoms with Crippen LogP contribution in [-0.4, -0.2) is 23.4 Å². The summed E-state index contributed by atoms with van der Waals surface area (Å²) in [6.45, 7) is 28.5. The molecule has 140 valence electrons. The molecule has 0 aromatic rings. The Balaban J connectivity index is 5.29. The zero-order chi connectivity index (χ0) is 18.6. The predicted molar refractivity (Wildman–Crippen MR) is 109 cm³/mol. The summed E-state index contributed by atoms with van der Waals surface area (Å²) in [6.07, 6.45) is 1.20. The molecule has 0 fully saturated rings. The lowest BCUT2D eigenvalue weighted by molar-refractivity contribution is 0.0851. The van der Waals surface area contributed by atoms with Gasteiger partial charge in [0, 0.05) is 0 Å². The molecule has 0 saturated heterocycles. The molecule has 4 heteroatoms. The van der Waals surface area contributed by atoms with E-state index in [0.717, 1.165) is 0 Å². The van der Waals surface area contributed by atoms with Crippen LogP contribution in [0.15, 0.2) is 0 Å². The van der Waals surface area contributed by atoms with Crippen molar-refractivity contribution in [2.75, 3.05) is 6.79 Å². The molecule has 0 amide bonds. The highest BCUT2D eigenvalue weighted by Gasteiger charge is 2.48. The molecule has 2 nitrogen and oxygen atoms in total. The van der Waals surface area contributed by atoms with Crippen molar-refractivity contribution in [3.05, 3.63) is 0 Å². The van der Waals surface area contributed by atoms with Crippen molar-refractivity contribution in [2.24, 2.45) is 0 Å². The first-order valence-electron chi connectivity index (χ1n) is 9.55. The first kappa shape index (κ1) is 23.4. The van der Waals surface area contributed by atoms with Crippen molar-refractivity contribution in [3.8, 4) is 0 Å². The average Bonchev–Trinajstić information content (AvgIpc) is 2.40. The highest BCUT2D eigenvalue weighted by molar-refractivity contribution is 6.78. The topological polar surface area (TPSA) is 18.5 Å². The van der Waals surface area contributed by atoms with E-state index in [1.165, 1.54) is 6.42 Å². The fourth-order valence-electron chi connectivity index (χ4n) is 4.10. The van der Waals surface area contributed by atoms with Crippen molar-refractivity contribution in [1.29, 1.82) is 0 Å². The van der Waals surface area contributed by atoms with Gasteiger partial charge >= 0.3 is 0 Å². The molecule has 0 heterocycles. The van der Waals surface area contributed by atoms with Gasteiger partial charge in [-0.3, -0.25) is 0 Å². The van der Waals surface area contributed by atoms with Gasteiger partial charge in [0.1, 0.15) is 6.79 Å². The van der Waals surface area contributed by atoms with Crippen LogP contribution in [0.3, 0.4) is 0 Å². The molecule has 0 aliphatic heterocycles. The monoisotopic (exact) mass is 360 g/mol. The smallest absolute Gasteiger partial charge is 0.203 e. The Morgan fingerprint density at radius 2 is 1.22 bits per heavy atom. The molecule has 0 radical (unpaired) electrons. The molecule has 0 bridgehead atoms. The Labute approximate surface area is 149 Å². The van der Waals surface area contributed by atoms with Crippen LogP contribution >= 0.6 is 0 Å². The quantitative estimate of drug-likeness (QED) is 0.316. The van der Waals surface area contributed by atoms with E-state index in [9.17, 15) is 0 Å². The number of hydrogen-bond acceptors (Lipinski definition) is 2. The lowest BCUT2D eigenvalue weighted by Crippen LogP contribution is -2.52. The van der Waals surface area contributed by atoms with Crippen molar-refractivity contribution < 1.29 is 8.85 Å². The third kappa shape index (κ3) is 4.93. The maximum atomic E-state index is 6.70. The summed E-state index contributed by atoms with van der Waals surface area (Å²) in [5.74, 6) is 0. The second kappa shape index (κ2) is 8.64. The SMILES string of the molecule is CCC(C)[Si](OCO[Si@](C)(C(C)C)C(C)(C)C)(C(C)C)C(C)C. The molecule has 0 aliphatic carbocycles. The Morgan fingerprint density at radius 3 is 1.48 bits per heavy atom. The van der Waals surface area contributed by atoms with Gasteiger partial charge in [0.2, 0.25) is 16.6 Å². The molecular weight excluding hydrogens is 316 g/mol. The minimum Gasteiger partial charge on any atom is -0.395 e. The third-order valence-corrected chi connectivity index (χ3v) is 18.5. The molecule has 0 aromatic carbocycles. The molecule has 0 aliphatic rings. The van der Waals surface area contributed by atoms with Crippen LogP contribution in [0.4, 0.5) is 0 Å². The van der Waals surface area contributed by atoms with E-state index in [1.807, 2.05) is 0 Å². The van der Waals surface area contributed by atoms with E-state index in [2.05, 4.69) is 82.7 Å². The van der Waals surface area contributed by atoms with Gasteiger partial charge in [-0.1, -0.05) is 82.6 Å². The minimum absolute atomic E-state index is 0.223. The summed E-state index contributed by atoms with van der Waals surface area (Å²) in [7, 11) is -3.70. The maximum absolute atomic E-state index is 6.70. The van der Waals surface area contributed by atoms with Crippen LogP contribution in [0.2, 0.25) is 33.7 Å². The van der Waals surface area contributed by atoms with Crippen LogP contribution in [0.5, 0.6) is 0 Å². The van der Waals surface area contributed by atoms with E-state index < -0.39 is 16.6 Å². The summed E-state index contributed by atoms with van der Waals surface area (Å²) in [6, 6.07) is 0. The lowest BCUT2D eigenvalue weighted by atomic mass is 10.2. The van der Waals surface area contributed by atoms with Crippen LogP contribution in [0, 0.1) is 0 Å². The van der Waals surface area contributed by atoms with Crippen molar-refractivity contribution in [3.63, 3.8) is 0 Å². The average molecular weight is 361 g/mol. The first-order valence-corrected chi connectivity index (χ1v) is 14.2. The molecule has 0 N–H and O–H groups in total. The summed E-state index contributed by atoms with van der Waals surface area (Å²) in [5.41, 5.74) is 2.47. The zero-order valence-corrected chi connectivity index (χ0v) is 20.0. The second-order valence-corrected chi connectivity index (χ2v) is 19.8. The normalized spacial score (nSPS) is 17.9. The van der Waals surface area contributed by atoms with Gasteiger partial charge in [-0.2, -0.15) is 0 Å². The maximum Gasteiger partial charge on any atom is 0.203 e. The minimum atomic E-state index is -1.85. The van der Waals surface area contributed by atoms with E-state index in [-0.39, 0.29) is 5.04 Å². The van der Waals surface area contributed by atoms with E-state index in [4.69, 9.17) is 8.85 Å². The standard InChI is InChI=1S/C19H44O2Si2/c1-13-18(8)23(16(4)5,17(6)7)21-14-20-22(12,15(2)3)19(9,10)11/h15-18H,13-14H2,1-12H3/t18?,22-/m1/s1. The predicted octanol–water partition coefficient (Wildman–Crippen LogP) is 7.33. The number of rotatable bonds is 9. The number of hydrogen-bond donors (Lipinski definition) is 0. The molecule has 0 rings (SSSR count). The summed E-state index contributed by atoms with van der Waals surface area (Å²) in [5, 5.41) is 0.223. The van der Waals surface area contributed by atoms with E-state index in [1.54, 1.807) is 0 Å².